The fourth-order valence-electron chi connectivity index (χ4n) is 2.63. The number of rotatable bonds is 8. The minimum atomic E-state index is -1.36. The number of phenols is 2. The molecule has 0 aliphatic rings. The van der Waals surface area contributed by atoms with Crippen LogP contribution in [0, 0.1) is 0 Å². The Kier molecular flexibility index (Phi) is 10.4. The van der Waals surface area contributed by atoms with Crippen LogP contribution in [0.15, 0.2) is 53.6 Å². The van der Waals surface area contributed by atoms with Crippen LogP contribution in [0.4, 0.5) is 0 Å². The average molecular weight is 418 g/mol. The van der Waals surface area contributed by atoms with E-state index in [9.17, 15) is 25.2 Å². The highest BCUT2D eigenvalue weighted by atomic mass is 16.4. The highest BCUT2D eigenvalue weighted by molar-refractivity contribution is 5.78. The summed E-state index contributed by atoms with van der Waals surface area (Å²) in [5.74, 6) is 2.84. The fourth-order valence-corrected chi connectivity index (χ4v) is 2.63. The molecule has 8 nitrogen and oxygen atoms in total. The summed E-state index contributed by atoms with van der Waals surface area (Å²) in [5.41, 5.74) is 2.28. The number of aliphatic hydroxyl groups is 1. The van der Waals surface area contributed by atoms with Crippen LogP contribution in [-0.2, 0) is 11.2 Å². The molecule has 0 saturated carbocycles. The van der Waals surface area contributed by atoms with Crippen LogP contribution >= 0.6 is 0 Å². The molecule has 0 radical (unpaired) electrons. The van der Waals surface area contributed by atoms with E-state index in [-0.39, 0.29) is 17.4 Å². The number of nitrogens with two attached hydrogens (primary N) is 1. The van der Waals surface area contributed by atoms with Gasteiger partial charge in [0, 0.05) is 11.8 Å². The van der Waals surface area contributed by atoms with Crippen LogP contribution in [0.1, 0.15) is 44.4 Å². The summed E-state index contributed by atoms with van der Waals surface area (Å²) in [4.78, 5) is 11.5. The van der Waals surface area contributed by atoms with Crippen LogP contribution in [0.2, 0.25) is 0 Å². The first-order valence-electron chi connectivity index (χ1n) is 9.59. The molecule has 0 amide bonds. The molecular weight excluding hydrogens is 386 g/mol. The Morgan fingerprint density at radius 2 is 1.70 bits per heavy atom. The fraction of sp³-hybridized carbons (Fsp3) is 0.364. The lowest BCUT2D eigenvalue weighted by atomic mass is 9.99. The molecule has 164 valence electrons. The Morgan fingerprint density at radius 3 is 2.20 bits per heavy atom. The largest absolute Gasteiger partial charge is 0.504 e. The molecule has 0 heterocycles. The lowest BCUT2D eigenvalue weighted by Crippen LogP contribution is -2.46. The van der Waals surface area contributed by atoms with Crippen molar-refractivity contribution in [1.29, 1.82) is 0 Å². The first-order chi connectivity index (χ1) is 14.1. The first kappa shape index (κ1) is 24.9. The number of nitrogens with one attached hydrogen (secondary N) is 1. The van der Waals surface area contributed by atoms with Crippen molar-refractivity contribution < 1.29 is 25.2 Å². The summed E-state index contributed by atoms with van der Waals surface area (Å²) in [7, 11) is 0. The van der Waals surface area contributed by atoms with Gasteiger partial charge in [-0.15, -0.1) is 0 Å². The minimum Gasteiger partial charge on any atom is -0.504 e. The van der Waals surface area contributed by atoms with Crippen LogP contribution in [-0.4, -0.2) is 44.2 Å². The molecule has 0 spiro atoms. The maximum Gasteiger partial charge on any atom is 0.323 e. The van der Waals surface area contributed by atoms with Gasteiger partial charge in [-0.2, -0.15) is 5.10 Å². The van der Waals surface area contributed by atoms with Gasteiger partial charge < -0.3 is 26.3 Å². The Hall–Kier alpha value is -3.10. The van der Waals surface area contributed by atoms with Gasteiger partial charge in [-0.1, -0.05) is 36.4 Å². The van der Waals surface area contributed by atoms with Gasteiger partial charge in [-0.05, 0) is 56.9 Å². The standard InChI is InChI=1S/C19H23NO5.C3H8N2/c1-12(7-8-13-5-3-2-4-6-13)20-17(19(24)25)18(23)14-9-10-15(21)16(22)11-14;1-3(2)5-4/h2-6,9-12,17-18,20-23H,7-8H2,1H3,(H,24,25);4H2,1-2H3/t12?,17-,18?;/m0./s1. The second-order valence-corrected chi connectivity index (χ2v) is 7.18. The van der Waals surface area contributed by atoms with Crippen molar-refractivity contribution in [3.63, 3.8) is 0 Å². The van der Waals surface area contributed by atoms with E-state index in [0.717, 1.165) is 23.8 Å². The van der Waals surface area contributed by atoms with E-state index in [1.165, 1.54) is 12.1 Å². The van der Waals surface area contributed by atoms with Gasteiger partial charge in [-0.3, -0.25) is 10.1 Å². The normalized spacial score (nSPS) is 13.3. The maximum atomic E-state index is 11.5. The maximum absolute atomic E-state index is 11.5. The molecule has 0 aliphatic heterocycles. The van der Waals surface area contributed by atoms with E-state index in [4.69, 9.17) is 5.84 Å². The lowest BCUT2D eigenvalue weighted by Gasteiger charge is -2.25. The van der Waals surface area contributed by atoms with Crippen molar-refractivity contribution in [2.45, 2.75) is 51.8 Å². The number of carboxylic acids is 1. The smallest absolute Gasteiger partial charge is 0.323 e. The topological polar surface area (TPSA) is 148 Å². The van der Waals surface area contributed by atoms with E-state index in [0.29, 0.717) is 6.42 Å². The number of aliphatic hydroxyl groups excluding tert-OH is 1. The molecule has 2 unspecified atom stereocenters. The van der Waals surface area contributed by atoms with Gasteiger partial charge in [0.25, 0.3) is 0 Å². The number of aromatic hydroxyl groups is 2. The molecule has 2 rings (SSSR count). The quantitative estimate of drug-likeness (QED) is 0.167. The number of carboxylic acid groups (broad SMARTS) is 1. The predicted octanol–water partition coefficient (Wildman–Crippen LogP) is 2.54. The summed E-state index contributed by atoms with van der Waals surface area (Å²) in [6.07, 6.45) is 0.141. The Bertz CT molecular complexity index is 823. The zero-order chi connectivity index (χ0) is 22.7. The summed E-state index contributed by atoms with van der Waals surface area (Å²) in [6.45, 7) is 5.56. The van der Waals surface area contributed by atoms with Crippen molar-refractivity contribution in [1.82, 2.24) is 5.32 Å². The van der Waals surface area contributed by atoms with E-state index in [1.54, 1.807) is 0 Å². The number of carbonyl (C=O) groups is 1. The Labute approximate surface area is 176 Å². The van der Waals surface area contributed by atoms with E-state index < -0.39 is 23.9 Å². The third-order valence-corrected chi connectivity index (χ3v) is 4.35. The molecule has 2 aromatic carbocycles. The lowest BCUT2D eigenvalue weighted by molar-refractivity contribution is -0.143. The predicted molar refractivity (Wildman–Crippen MR) is 116 cm³/mol. The number of aryl methyl sites for hydroxylation is 1. The minimum absolute atomic E-state index is 0.137. The molecule has 8 heteroatoms. The van der Waals surface area contributed by atoms with Crippen molar-refractivity contribution in [2.75, 3.05) is 0 Å². The molecule has 0 aliphatic carbocycles. The molecule has 30 heavy (non-hydrogen) atoms. The molecule has 0 aromatic heterocycles. The van der Waals surface area contributed by atoms with E-state index >= 15 is 0 Å². The number of hydrazone groups is 1. The van der Waals surface area contributed by atoms with Gasteiger partial charge in [-0.25, -0.2) is 0 Å². The Balaban J connectivity index is 0.000000804. The van der Waals surface area contributed by atoms with Crippen LogP contribution < -0.4 is 11.2 Å². The average Bonchev–Trinajstić information content (AvgIpc) is 2.73. The monoisotopic (exact) mass is 417 g/mol. The van der Waals surface area contributed by atoms with Crippen molar-refractivity contribution in [3.05, 3.63) is 59.7 Å². The number of hydrogen-bond donors (Lipinski definition) is 6. The van der Waals surface area contributed by atoms with Crippen molar-refractivity contribution in [3.8, 4) is 11.5 Å². The van der Waals surface area contributed by atoms with Crippen LogP contribution in [0.25, 0.3) is 0 Å². The van der Waals surface area contributed by atoms with Gasteiger partial charge >= 0.3 is 5.97 Å². The summed E-state index contributed by atoms with van der Waals surface area (Å²) in [5, 5.41) is 44.9. The summed E-state index contributed by atoms with van der Waals surface area (Å²) < 4.78 is 0. The van der Waals surface area contributed by atoms with Gasteiger partial charge in [0.05, 0.1) is 0 Å². The number of benzene rings is 2. The number of nitrogens with zero attached hydrogens (tertiary/aromatic N) is 1. The van der Waals surface area contributed by atoms with E-state index in [1.807, 2.05) is 51.1 Å². The zero-order valence-corrected chi connectivity index (χ0v) is 17.5. The second-order valence-electron chi connectivity index (χ2n) is 7.18. The number of hydrogen-bond acceptors (Lipinski definition) is 7. The molecule has 0 bridgehead atoms. The first-order valence-corrected chi connectivity index (χ1v) is 9.59. The van der Waals surface area contributed by atoms with Crippen molar-refractivity contribution >= 4 is 11.7 Å². The molecule has 7 N–H and O–H groups in total. The van der Waals surface area contributed by atoms with Gasteiger partial charge in [0.1, 0.15) is 12.1 Å². The van der Waals surface area contributed by atoms with Crippen molar-refractivity contribution in [2.24, 2.45) is 10.9 Å². The number of phenolic OH excluding ortho intramolecular Hbond substituents is 2. The molecule has 3 atom stereocenters. The van der Waals surface area contributed by atoms with E-state index in [2.05, 4.69) is 10.4 Å². The third kappa shape index (κ3) is 8.50. The van der Waals surface area contributed by atoms with Gasteiger partial charge in [0.15, 0.2) is 11.5 Å². The SMILES string of the molecule is CC(C)=NN.CC(CCc1ccccc1)N[C@H](C(=O)O)C(O)c1ccc(O)c(O)c1. The van der Waals surface area contributed by atoms with Crippen LogP contribution in [0.3, 0.4) is 0 Å². The zero-order valence-electron chi connectivity index (χ0n) is 17.5. The molecule has 0 saturated heterocycles. The highest BCUT2D eigenvalue weighted by Crippen LogP contribution is 2.29. The third-order valence-electron chi connectivity index (χ3n) is 4.35. The highest BCUT2D eigenvalue weighted by Gasteiger charge is 2.29. The Morgan fingerprint density at radius 1 is 1.10 bits per heavy atom. The molecule has 0 fully saturated rings. The second kappa shape index (κ2) is 12.5. The summed E-state index contributed by atoms with van der Waals surface area (Å²) in [6, 6.07) is 12.3. The molecular formula is C22H31N3O5. The summed E-state index contributed by atoms with van der Waals surface area (Å²) >= 11 is 0. The molecule has 2 aromatic rings. The van der Waals surface area contributed by atoms with Gasteiger partial charge in [0.2, 0.25) is 0 Å². The van der Waals surface area contributed by atoms with Crippen LogP contribution in [0.5, 0.6) is 11.5 Å². The number of aliphatic carboxylic acids is 1.